The second-order valence-corrected chi connectivity index (χ2v) is 6.79. The summed E-state index contributed by atoms with van der Waals surface area (Å²) in [5.74, 6) is -0.0884. The minimum atomic E-state index is -0.547. The van der Waals surface area contributed by atoms with Crippen molar-refractivity contribution in [3.05, 3.63) is 34.9 Å². The first-order chi connectivity index (χ1) is 9.74. The number of carbonyl (C=O) groups excluding carboxylic acids is 2. The highest BCUT2D eigenvalue weighted by atomic mass is 35.5. The lowest BCUT2D eigenvalue weighted by Gasteiger charge is -2.24. The number of carbonyl (C=O) groups is 2. The van der Waals surface area contributed by atoms with Crippen LogP contribution in [-0.4, -0.2) is 35.5 Å². The van der Waals surface area contributed by atoms with Crippen LogP contribution in [0.25, 0.3) is 0 Å². The summed E-state index contributed by atoms with van der Waals surface area (Å²) in [7, 11) is 0. The van der Waals surface area contributed by atoms with Crippen LogP contribution in [0.2, 0.25) is 5.02 Å². The van der Waals surface area contributed by atoms with Crippen LogP contribution in [0, 0.1) is 5.92 Å². The Hall–Kier alpha value is -1.55. The van der Waals surface area contributed by atoms with Crippen LogP contribution in [0.3, 0.4) is 0 Å². The summed E-state index contributed by atoms with van der Waals surface area (Å²) < 4.78 is 5.30. The Labute approximate surface area is 130 Å². The molecule has 4 nitrogen and oxygen atoms in total. The molecule has 1 aliphatic rings. The van der Waals surface area contributed by atoms with E-state index in [1.165, 1.54) is 4.90 Å². The monoisotopic (exact) mass is 309 g/mol. The van der Waals surface area contributed by atoms with Gasteiger partial charge in [0.25, 0.3) is 0 Å². The maximum absolute atomic E-state index is 12.1. The summed E-state index contributed by atoms with van der Waals surface area (Å²) in [6.07, 6.45) is 0.199. The molecule has 1 aromatic carbocycles. The normalized spacial score (nSPS) is 19.0. The Morgan fingerprint density at radius 1 is 1.33 bits per heavy atom. The molecular formula is C16H20ClNO3. The van der Waals surface area contributed by atoms with Gasteiger partial charge in [0.1, 0.15) is 5.60 Å². The molecule has 0 N–H and O–H groups in total. The van der Waals surface area contributed by atoms with Crippen LogP contribution >= 0.6 is 11.6 Å². The number of benzene rings is 1. The van der Waals surface area contributed by atoms with Gasteiger partial charge in [-0.1, -0.05) is 23.7 Å². The highest BCUT2D eigenvalue weighted by Gasteiger charge is 2.35. The molecule has 0 aliphatic carbocycles. The molecule has 2 rings (SSSR count). The Bertz CT molecular complexity index is 533. The van der Waals surface area contributed by atoms with E-state index in [9.17, 15) is 9.59 Å². The Balaban J connectivity index is 1.96. The van der Waals surface area contributed by atoms with Crippen molar-refractivity contribution < 1.29 is 14.3 Å². The number of halogens is 1. The van der Waals surface area contributed by atoms with Crippen molar-refractivity contribution >= 4 is 23.5 Å². The summed E-state index contributed by atoms with van der Waals surface area (Å²) in [6.45, 7) is 5.99. The average molecular weight is 310 g/mol. The van der Waals surface area contributed by atoms with Crippen molar-refractivity contribution in [2.45, 2.75) is 32.8 Å². The van der Waals surface area contributed by atoms with Gasteiger partial charge in [-0.3, -0.25) is 4.79 Å². The Morgan fingerprint density at radius 2 is 1.95 bits per heavy atom. The summed E-state index contributed by atoms with van der Waals surface area (Å²) in [5.41, 5.74) is 0.498. The number of Topliss-reactive ketones (excluding diaryl/α,β-unsaturated/α-hetero) is 1. The number of ketones is 1. The maximum atomic E-state index is 12.1. The van der Waals surface area contributed by atoms with E-state index < -0.39 is 11.7 Å². The number of likely N-dealkylation sites (tertiary alicyclic amines) is 1. The molecule has 1 aliphatic heterocycles. The molecule has 5 heteroatoms. The highest BCUT2D eigenvalue weighted by Crippen LogP contribution is 2.21. The van der Waals surface area contributed by atoms with Crippen LogP contribution < -0.4 is 0 Å². The minimum Gasteiger partial charge on any atom is -0.444 e. The fourth-order valence-electron chi connectivity index (χ4n) is 2.30. The fourth-order valence-corrected chi connectivity index (χ4v) is 2.42. The van der Waals surface area contributed by atoms with Gasteiger partial charge in [-0.15, -0.1) is 0 Å². The molecule has 0 bridgehead atoms. The summed E-state index contributed by atoms with van der Waals surface area (Å²) in [5, 5.41) is 0.673. The van der Waals surface area contributed by atoms with E-state index in [0.29, 0.717) is 18.0 Å². The number of amides is 1. The molecule has 0 spiro atoms. The quantitative estimate of drug-likeness (QED) is 0.842. The van der Waals surface area contributed by atoms with Gasteiger partial charge in [-0.25, -0.2) is 4.79 Å². The van der Waals surface area contributed by atoms with Crippen molar-refractivity contribution in [2.75, 3.05) is 13.1 Å². The number of hydrogen-bond donors (Lipinski definition) is 0. The molecule has 0 saturated carbocycles. The minimum absolute atomic E-state index is 0.0795. The highest BCUT2D eigenvalue weighted by molar-refractivity contribution is 6.30. The van der Waals surface area contributed by atoms with Crippen molar-refractivity contribution in [2.24, 2.45) is 5.92 Å². The molecule has 1 atom stereocenters. The van der Waals surface area contributed by atoms with Crippen LogP contribution in [0.1, 0.15) is 26.3 Å². The second-order valence-electron chi connectivity index (χ2n) is 6.35. The maximum Gasteiger partial charge on any atom is 0.410 e. The van der Waals surface area contributed by atoms with Crippen LogP contribution in [0.15, 0.2) is 24.3 Å². The molecule has 0 radical (unpaired) electrons. The van der Waals surface area contributed by atoms with Gasteiger partial charge in [0.05, 0.1) is 6.54 Å². The lowest BCUT2D eigenvalue weighted by molar-refractivity contribution is -0.119. The Morgan fingerprint density at radius 3 is 2.52 bits per heavy atom. The van der Waals surface area contributed by atoms with Gasteiger partial charge in [-0.2, -0.15) is 0 Å². The smallest absolute Gasteiger partial charge is 0.410 e. The van der Waals surface area contributed by atoms with Gasteiger partial charge < -0.3 is 9.64 Å². The van der Waals surface area contributed by atoms with Crippen LogP contribution in [-0.2, 0) is 16.0 Å². The first-order valence-corrected chi connectivity index (χ1v) is 7.37. The fraction of sp³-hybridized carbons (Fsp3) is 0.500. The topological polar surface area (TPSA) is 46.6 Å². The predicted octanol–water partition coefficient (Wildman–Crippen LogP) is 3.32. The number of ether oxygens (including phenoxy) is 1. The lowest BCUT2D eigenvalue weighted by atomic mass is 9.98. The van der Waals surface area contributed by atoms with Gasteiger partial charge in [0.15, 0.2) is 5.78 Å². The van der Waals surface area contributed by atoms with E-state index in [0.717, 1.165) is 5.56 Å². The first-order valence-electron chi connectivity index (χ1n) is 7.00. The molecule has 21 heavy (non-hydrogen) atoms. The number of rotatable bonds is 2. The molecule has 1 heterocycles. The third-order valence-electron chi connectivity index (χ3n) is 3.29. The largest absolute Gasteiger partial charge is 0.444 e. The lowest BCUT2D eigenvalue weighted by Crippen LogP contribution is -2.35. The van der Waals surface area contributed by atoms with Crippen molar-refractivity contribution in [1.29, 1.82) is 0 Å². The van der Waals surface area contributed by atoms with E-state index in [2.05, 4.69) is 0 Å². The van der Waals surface area contributed by atoms with Gasteiger partial charge >= 0.3 is 6.09 Å². The second kappa shape index (κ2) is 6.06. The standard InChI is InChI=1S/C16H20ClNO3/c1-16(2,3)21-15(20)18-9-12(14(19)10-18)8-11-4-6-13(17)7-5-11/h4-7,12H,8-10H2,1-3H3. The third-order valence-corrected chi connectivity index (χ3v) is 3.54. The molecule has 1 unspecified atom stereocenters. The Kier molecular flexibility index (Phi) is 4.57. The van der Waals surface area contributed by atoms with E-state index in [1.807, 2.05) is 45.0 Å². The average Bonchev–Trinajstić information content (AvgIpc) is 2.72. The summed E-state index contributed by atoms with van der Waals surface area (Å²) in [4.78, 5) is 25.5. The zero-order chi connectivity index (χ0) is 15.6. The van der Waals surface area contributed by atoms with E-state index in [1.54, 1.807) is 0 Å². The van der Waals surface area contributed by atoms with Crippen molar-refractivity contribution in [3.63, 3.8) is 0 Å². The van der Waals surface area contributed by atoms with Crippen LogP contribution in [0.5, 0.6) is 0 Å². The van der Waals surface area contributed by atoms with Gasteiger partial charge in [-0.05, 0) is 44.9 Å². The predicted molar refractivity (Wildman–Crippen MR) is 81.5 cm³/mol. The van der Waals surface area contributed by atoms with Gasteiger partial charge in [0, 0.05) is 17.5 Å². The SMILES string of the molecule is CC(C)(C)OC(=O)N1CC(=O)C(Cc2ccc(Cl)cc2)C1. The van der Waals surface area contributed by atoms with E-state index >= 15 is 0 Å². The van der Waals surface area contributed by atoms with Crippen molar-refractivity contribution in [1.82, 2.24) is 4.90 Å². The zero-order valence-electron chi connectivity index (χ0n) is 12.6. The van der Waals surface area contributed by atoms with Crippen molar-refractivity contribution in [3.8, 4) is 0 Å². The molecule has 114 valence electrons. The molecule has 1 amide bonds. The molecule has 1 aromatic rings. The molecule has 0 aromatic heterocycles. The van der Waals surface area contributed by atoms with E-state index in [4.69, 9.17) is 16.3 Å². The number of nitrogens with zero attached hydrogens (tertiary/aromatic N) is 1. The molecule has 1 saturated heterocycles. The summed E-state index contributed by atoms with van der Waals surface area (Å²) >= 11 is 5.85. The number of hydrogen-bond acceptors (Lipinski definition) is 3. The zero-order valence-corrected chi connectivity index (χ0v) is 13.3. The van der Waals surface area contributed by atoms with E-state index in [-0.39, 0.29) is 18.2 Å². The molecular weight excluding hydrogens is 290 g/mol. The third kappa shape index (κ3) is 4.46. The first kappa shape index (κ1) is 15.8. The molecule has 1 fully saturated rings. The van der Waals surface area contributed by atoms with Crippen LogP contribution in [0.4, 0.5) is 4.79 Å². The summed E-state index contributed by atoms with van der Waals surface area (Å²) in [6, 6.07) is 7.43. The van der Waals surface area contributed by atoms with Gasteiger partial charge in [0.2, 0.25) is 0 Å².